The molecule has 2 rings (SSSR count). The van der Waals surface area contributed by atoms with E-state index in [9.17, 15) is 9.59 Å². The van der Waals surface area contributed by atoms with Crippen LogP contribution in [0, 0.1) is 17.8 Å². The summed E-state index contributed by atoms with van der Waals surface area (Å²) in [7, 11) is 0. The van der Waals surface area contributed by atoms with Gasteiger partial charge in [0.2, 0.25) is 0 Å². The summed E-state index contributed by atoms with van der Waals surface area (Å²) in [6.45, 7) is 10.7. The van der Waals surface area contributed by atoms with Crippen molar-refractivity contribution in [2.75, 3.05) is 11.5 Å². The molecule has 0 unspecified atom stereocenters. The minimum atomic E-state index is -0.417. The van der Waals surface area contributed by atoms with Crippen LogP contribution in [0.15, 0.2) is 28.7 Å². The van der Waals surface area contributed by atoms with E-state index in [4.69, 9.17) is 10.5 Å². The molecule has 1 aliphatic carbocycles. The lowest BCUT2D eigenvalue weighted by atomic mass is 9.75. The standard InChI is InChI=1S/C19H29N3O3S/c1-5-8-22-16(20)10-17(23)21-19(22)26-11-18(24)25-15-9-13(4)6-7-14(15)12(2)3/h5,10,12-15H,1,6-9,11,20H2,2-4H3/t13-,14+,15+/m0/s1. The minimum absolute atomic E-state index is 0.0315. The quantitative estimate of drug-likeness (QED) is 0.339. The fraction of sp³-hybridized carbons (Fsp3) is 0.632. The van der Waals surface area contributed by atoms with E-state index in [2.05, 4.69) is 32.3 Å². The van der Waals surface area contributed by atoms with Gasteiger partial charge in [0.1, 0.15) is 11.9 Å². The van der Waals surface area contributed by atoms with Gasteiger partial charge in [-0.25, -0.2) is 0 Å². The van der Waals surface area contributed by atoms with Gasteiger partial charge in [-0.2, -0.15) is 4.98 Å². The van der Waals surface area contributed by atoms with Crippen molar-refractivity contribution >= 4 is 23.5 Å². The molecule has 2 N–H and O–H groups in total. The molecule has 0 amide bonds. The average molecular weight is 380 g/mol. The fourth-order valence-electron chi connectivity index (χ4n) is 3.50. The zero-order valence-electron chi connectivity index (χ0n) is 15.8. The first-order chi connectivity index (χ1) is 12.3. The second kappa shape index (κ2) is 9.26. The summed E-state index contributed by atoms with van der Waals surface area (Å²) in [5.74, 6) is 1.60. The average Bonchev–Trinajstić information content (AvgIpc) is 2.55. The smallest absolute Gasteiger partial charge is 0.316 e. The number of nitrogens with zero attached hydrogens (tertiary/aromatic N) is 2. The van der Waals surface area contributed by atoms with Gasteiger partial charge in [0.05, 0.1) is 5.75 Å². The highest BCUT2D eigenvalue weighted by molar-refractivity contribution is 7.99. The minimum Gasteiger partial charge on any atom is -0.461 e. The number of hydrogen-bond donors (Lipinski definition) is 1. The normalized spacial score (nSPS) is 23.0. The van der Waals surface area contributed by atoms with E-state index < -0.39 is 5.56 Å². The Kier molecular flexibility index (Phi) is 7.32. The molecule has 6 nitrogen and oxygen atoms in total. The molecule has 1 aromatic heterocycles. The summed E-state index contributed by atoms with van der Waals surface area (Å²) in [5.41, 5.74) is 5.46. The molecule has 0 spiro atoms. The highest BCUT2D eigenvalue weighted by Crippen LogP contribution is 2.35. The summed E-state index contributed by atoms with van der Waals surface area (Å²) in [4.78, 5) is 28.0. The third kappa shape index (κ3) is 5.37. The number of aromatic nitrogens is 2. The van der Waals surface area contributed by atoms with Gasteiger partial charge in [-0.15, -0.1) is 6.58 Å². The molecule has 0 saturated heterocycles. The van der Waals surface area contributed by atoms with Gasteiger partial charge >= 0.3 is 5.97 Å². The maximum absolute atomic E-state index is 12.4. The van der Waals surface area contributed by atoms with Crippen molar-refractivity contribution in [2.45, 2.75) is 57.8 Å². The van der Waals surface area contributed by atoms with Crippen LogP contribution in [0.1, 0.15) is 40.0 Å². The Morgan fingerprint density at radius 1 is 1.54 bits per heavy atom. The Morgan fingerprint density at radius 2 is 2.27 bits per heavy atom. The maximum Gasteiger partial charge on any atom is 0.316 e. The number of nitrogen functional groups attached to an aromatic ring is 1. The SMILES string of the molecule is C=CCn1c(N)cc(=O)nc1SCC(=O)O[C@@H]1C[C@@H](C)CC[C@@H]1C(C)C. The Labute approximate surface area is 159 Å². The number of nitrogens with two attached hydrogens (primary N) is 1. The lowest BCUT2D eigenvalue weighted by Gasteiger charge is -2.36. The van der Waals surface area contributed by atoms with E-state index in [-0.39, 0.29) is 17.8 Å². The molecule has 1 heterocycles. The number of rotatable bonds is 7. The topological polar surface area (TPSA) is 87.2 Å². The van der Waals surface area contributed by atoms with Crippen LogP contribution in [0.3, 0.4) is 0 Å². The van der Waals surface area contributed by atoms with Crippen LogP contribution in [-0.2, 0) is 16.1 Å². The molecule has 1 aromatic rings. The van der Waals surface area contributed by atoms with Crippen LogP contribution < -0.4 is 11.3 Å². The molecule has 1 aliphatic rings. The molecule has 7 heteroatoms. The molecule has 1 saturated carbocycles. The number of thioether (sulfide) groups is 1. The lowest BCUT2D eigenvalue weighted by molar-refractivity contribution is -0.152. The van der Waals surface area contributed by atoms with Crippen LogP contribution >= 0.6 is 11.8 Å². The van der Waals surface area contributed by atoms with Gasteiger partial charge < -0.3 is 15.0 Å². The zero-order valence-corrected chi connectivity index (χ0v) is 16.6. The summed E-state index contributed by atoms with van der Waals surface area (Å²) < 4.78 is 7.45. The van der Waals surface area contributed by atoms with Crippen LogP contribution in [0.4, 0.5) is 5.82 Å². The lowest BCUT2D eigenvalue weighted by Crippen LogP contribution is -2.36. The molecule has 26 heavy (non-hydrogen) atoms. The van der Waals surface area contributed by atoms with Crippen molar-refractivity contribution in [3.8, 4) is 0 Å². The van der Waals surface area contributed by atoms with Crippen molar-refractivity contribution in [3.05, 3.63) is 29.1 Å². The molecule has 144 valence electrons. The van der Waals surface area contributed by atoms with Gasteiger partial charge in [0, 0.05) is 12.6 Å². The van der Waals surface area contributed by atoms with Gasteiger partial charge in [-0.1, -0.05) is 45.0 Å². The van der Waals surface area contributed by atoms with E-state index in [1.807, 2.05) is 0 Å². The van der Waals surface area contributed by atoms with Crippen molar-refractivity contribution in [1.82, 2.24) is 9.55 Å². The molecule has 0 bridgehead atoms. The second-order valence-electron chi connectivity index (χ2n) is 7.34. The molecule has 0 aliphatic heterocycles. The summed E-state index contributed by atoms with van der Waals surface area (Å²) in [6.07, 6.45) is 4.83. The summed E-state index contributed by atoms with van der Waals surface area (Å²) in [6, 6.07) is 1.27. The number of hydrogen-bond acceptors (Lipinski definition) is 6. The van der Waals surface area contributed by atoms with Crippen LogP contribution in [0.5, 0.6) is 0 Å². The van der Waals surface area contributed by atoms with Gasteiger partial charge in [-0.3, -0.25) is 9.59 Å². The number of carbonyl (C=O) groups excluding carboxylic acids is 1. The first-order valence-corrected chi connectivity index (χ1v) is 10.1. The second-order valence-corrected chi connectivity index (χ2v) is 8.29. The van der Waals surface area contributed by atoms with Crippen LogP contribution in [0.25, 0.3) is 0 Å². The van der Waals surface area contributed by atoms with Crippen molar-refractivity contribution in [3.63, 3.8) is 0 Å². The number of ether oxygens (including phenoxy) is 1. The van der Waals surface area contributed by atoms with Crippen LogP contribution in [0.2, 0.25) is 0 Å². The Bertz CT molecular complexity index is 702. The number of anilines is 1. The Balaban J connectivity index is 2.02. The molecular weight excluding hydrogens is 350 g/mol. The summed E-state index contributed by atoms with van der Waals surface area (Å²) in [5, 5.41) is 0.407. The number of carbonyl (C=O) groups is 1. The summed E-state index contributed by atoms with van der Waals surface area (Å²) >= 11 is 1.17. The molecule has 0 radical (unpaired) electrons. The van der Waals surface area contributed by atoms with Gasteiger partial charge in [0.25, 0.3) is 5.56 Å². The van der Waals surface area contributed by atoms with Crippen molar-refractivity contribution in [2.24, 2.45) is 17.8 Å². The predicted octanol–water partition coefficient (Wildman–Crippen LogP) is 3.11. The van der Waals surface area contributed by atoms with E-state index in [0.29, 0.717) is 35.3 Å². The highest BCUT2D eigenvalue weighted by atomic mass is 32.2. The molecule has 1 fully saturated rings. The highest BCUT2D eigenvalue weighted by Gasteiger charge is 2.33. The number of esters is 1. The zero-order chi connectivity index (χ0) is 19.3. The third-order valence-corrected chi connectivity index (χ3v) is 5.84. The van der Waals surface area contributed by atoms with E-state index in [1.54, 1.807) is 10.6 Å². The van der Waals surface area contributed by atoms with Crippen molar-refractivity contribution in [1.29, 1.82) is 0 Å². The van der Waals surface area contributed by atoms with E-state index in [1.165, 1.54) is 24.2 Å². The Hall–Kier alpha value is -1.76. The largest absolute Gasteiger partial charge is 0.461 e. The van der Waals surface area contributed by atoms with Crippen molar-refractivity contribution < 1.29 is 9.53 Å². The van der Waals surface area contributed by atoms with E-state index in [0.717, 1.165) is 12.8 Å². The molecular formula is C19H29N3O3S. The first-order valence-electron chi connectivity index (χ1n) is 9.12. The monoisotopic (exact) mass is 379 g/mol. The molecule has 3 atom stereocenters. The predicted molar refractivity (Wildman–Crippen MR) is 105 cm³/mol. The van der Waals surface area contributed by atoms with Crippen LogP contribution in [-0.4, -0.2) is 27.4 Å². The van der Waals surface area contributed by atoms with Gasteiger partial charge in [0.15, 0.2) is 5.16 Å². The maximum atomic E-state index is 12.4. The van der Waals surface area contributed by atoms with Gasteiger partial charge in [-0.05, 0) is 30.6 Å². The number of allylic oxidation sites excluding steroid dienone is 1. The fourth-order valence-corrected chi connectivity index (χ4v) is 4.31. The van der Waals surface area contributed by atoms with E-state index >= 15 is 0 Å². The third-order valence-electron chi connectivity index (χ3n) is 4.89. The molecule has 0 aromatic carbocycles. The Morgan fingerprint density at radius 3 is 2.92 bits per heavy atom. The first kappa shape index (κ1) is 20.6.